The fourth-order valence-corrected chi connectivity index (χ4v) is 2.08. The molecule has 0 fully saturated rings. The second-order valence-electron chi connectivity index (χ2n) is 5.82. The van der Waals surface area contributed by atoms with E-state index in [4.69, 9.17) is 0 Å². The second kappa shape index (κ2) is 5.30. The molecule has 2 rings (SSSR count). The Morgan fingerprint density at radius 1 is 1.10 bits per heavy atom. The Morgan fingerprint density at radius 3 is 2.40 bits per heavy atom. The van der Waals surface area contributed by atoms with Crippen LogP contribution >= 0.6 is 0 Å². The van der Waals surface area contributed by atoms with E-state index in [0.717, 1.165) is 16.3 Å². The molecule has 0 spiro atoms. The van der Waals surface area contributed by atoms with Crippen LogP contribution in [0.25, 0.3) is 16.8 Å². The van der Waals surface area contributed by atoms with Crippen LogP contribution in [-0.4, -0.2) is 5.78 Å². The maximum Gasteiger partial charge on any atom is 0.178 e. The van der Waals surface area contributed by atoms with Crippen LogP contribution in [0.3, 0.4) is 0 Å². The van der Waals surface area contributed by atoms with Crippen molar-refractivity contribution in [3.8, 4) is 6.07 Å². The van der Waals surface area contributed by atoms with Crippen molar-refractivity contribution in [2.75, 3.05) is 0 Å². The fraction of sp³-hybridized carbons (Fsp3) is 0.222. The number of nitrogens with zero attached hydrogens (tertiary/aromatic N) is 1. The lowest BCUT2D eigenvalue weighted by Crippen LogP contribution is -2.21. The third-order valence-electron chi connectivity index (χ3n) is 3.17. The van der Waals surface area contributed by atoms with Crippen LogP contribution in [-0.2, 0) is 4.79 Å². The Bertz CT molecular complexity index is 722. The number of benzene rings is 2. The molecule has 0 bridgehead atoms. The molecule has 2 nitrogen and oxygen atoms in total. The topological polar surface area (TPSA) is 40.9 Å². The van der Waals surface area contributed by atoms with Gasteiger partial charge < -0.3 is 0 Å². The van der Waals surface area contributed by atoms with E-state index < -0.39 is 5.41 Å². The highest BCUT2D eigenvalue weighted by Crippen LogP contribution is 2.24. The van der Waals surface area contributed by atoms with E-state index in [1.54, 1.807) is 6.08 Å². The quantitative estimate of drug-likeness (QED) is 0.596. The summed E-state index contributed by atoms with van der Waals surface area (Å²) < 4.78 is 0. The first-order valence-electron chi connectivity index (χ1n) is 6.58. The lowest BCUT2D eigenvalue weighted by Gasteiger charge is -2.15. The largest absolute Gasteiger partial charge is 0.293 e. The van der Waals surface area contributed by atoms with Crippen molar-refractivity contribution in [3.05, 3.63) is 53.6 Å². The van der Waals surface area contributed by atoms with Crippen molar-refractivity contribution in [2.24, 2.45) is 5.41 Å². The van der Waals surface area contributed by atoms with Crippen molar-refractivity contribution in [3.63, 3.8) is 0 Å². The number of carbonyl (C=O) groups excluding carboxylic acids is 1. The molecule has 0 unspecified atom stereocenters. The average molecular weight is 263 g/mol. The van der Waals surface area contributed by atoms with Crippen molar-refractivity contribution < 1.29 is 4.79 Å². The zero-order valence-electron chi connectivity index (χ0n) is 12.0. The number of Topliss-reactive ketones (excluding diaryl/α,β-unsaturated/α-hetero) is 1. The summed E-state index contributed by atoms with van der Waals surface area (Å²) in [6.07, 6.45) is 1.69. The van der Waals surface area contributed by atoms with Gasteiger partial charge in [-0.05, 0) is 22.4 Å². The van der Waals surface area contributed by atoms with E-state index in [2.05, 4.69) is 0 Å². The van der Waals surface area contributed by atoms with Gasteiger partial charge in [0, 0.05) is 5.41 Å². The fourth-order valence-electron chi connectivity index (χ4n) is 2.08. The molecular formula is C18H17NO. The Morgan fingerprint density at radius 2 is 1.75 bits per heavy atom. The molecule has 0 saturated heterocycles. The van der Waals surface area contributed by atoms with Crippen LogP contribution in [0.1, 0.15) is 26.3 Å². The monoisotopic (exact) mass is 263 g/mol. The van der Waals surface area contributed by atoms with Gasteiger partial charge in [-0.15, -0.1) is 0 Å². The highest BCUT2D eigenvalue weighted by atomic mass is 16.1. The molecule has 0 aromatic heterocycles. The number of hydrogen-bond acceptors (Lipinski definition) is 2. The standard InChI is InChI=1S/C18H17NO/c1-18(2,3)17(20)15(12-19)11-14-9-6-8-13-7-4-5-10-16(13)14/h4-11H,1-3H3/b15-11+. The number of ketones is 1. The Balaban J connectivity index is 2.57. The van der Waals surface area contributed by atoms with Gasteiger partial charge in [0.15, 0.2) is 5.78 Å². The Hall–Kier alpha value is -2.40. The number of allylic oxidation sites excluding steroid dienone is 1. The first-order valence-corrected chi connectivity index (χ1v) is 6.58. The molecule has 2 heteroatoms. The maximum atomic E-state index is 12.2. The summed E-state index contributed by atoms with van der Waals surface area (Å²) >= 11 is 0. The van der Waals surface area contributed by atoms with E-state index in [1.165, 1.54) is 0 Å². The molecule has 2 aromatic carbocycles. The molecule has 0 aliphatic carbocycles. The van der Waals surface area contributed by atoms with Gasteiger partial charge in [0.2, 0.25) is 0 Å². The van der Waals surface area contributed by atoms with Crippen LogP contribution in [0.15, 0.2) is 48.0 Å². The minimum absolute atomic E-state index is 0.132. The molecule has 0 saturated carbocycles. The zero-order chi connectivity index (χ0) is 14.8. The number of fused-ring (bicyclic) bond motifs is 1. The Kier molecular flexibility index (Phi) is 3.72. The lowest BCUT2D eigenvalue weighted by atomic mass is 9.86. The first-order chi connectivity index (χ1) is 9.43. The van der Waals surface area contributed by atoms with E-state index in [-0.39, 0.29) is 11.4 Å². The summed E-state index contributed by atoms with van der Waals surface area (Å²) in [6, 6.07) is 15.9. The summed E-state index contributed by atoms with van der Waals surface area (Å²) in [6.45, 7) is 5.47. The molecular weight excluding hydrogens is 246 g/mol. The van der Waals surface area contributed by atoms with Gasteiger partial charge in [-0.3, -0.25) is 4.79 Å². The van der Waals surface area contributed by atoms with Crippen LogP contribution in [0.4, 0.5) is 0 Å². The van der Waals surface area contributed by atoms with Crippen LogP contribution < -0.4 is 0 Å². The molecule has 0 atom stereocenters. The summed E-state index contributed by atoms with van der Waals surface area (Å²) in [7, 11) is 0. The summed E-state index contributed by atoms with van der Waals surface area (Å²) in [5.41, 5.74) is 0.553. The highest BCUT2D eigenvalue weighted by molar-refractivity contribution is 6.07. The number of nitriles is 1. The van der Waals surface area contributed by atoms with E-state index >= 15 is 0 Å². The minimum Gasteiger partial charge on any atom is -0.293 e. The maximum absolute atomic E-state index is 12.2. The van der Waals surface area contributed by atoms with E-state index in [0.29, 0.717) is 0 Å². The zero-order valence-corrected chi connectivity index (χ0v) is 12.0. The molecule has 0 N–H and O–H groups in total. The molecule has 0 amide bonds. The predicted molar refractivity (Wildman–Crippen MR) is 82.0 cm³/mol. The summed E-state index contributed by atoms with van der Waals surface area (Å²) in [4.78, 5) is 12.2. The van der Waals surface area contributed by atoms with Crippen molar-refractivity contribution in [1.29, 1.82) is 5.26 Å². The van der Waals surface area contributed by atoms with E-state index in [1.807, 2.05) is 69.3 Å². The highest BCUT2D eigenvalue weighted by Gasteiger charge is 2.25. The van der Waals surface area contributed by atoms with Gasteiger partial charge in [-0.25, -0.2) is 0 Å². The third-order valence-corrected chi connectivity index (χ3v) is 3.17. The number of hydrogen-bond donors (Lipinski definition) is 0. The normalized spacial score (nSPS) is 12.2. The summed E-state index contributed by atoms with van der Waals surface area (Å²) in [5.74, 6) is -0.132. The molecule has 100 valence electrons. The lowest BCUT2D eigenvalue weighted by molar-refractivity contribution is -0.121. The Labute approximate surface area is 119 Å². The van der Waals surface area contributed by atoms with Gasteiger partial charge in [0.25, 0.3) is 0 Å². The van der Waals surface area contributed by atoms with Gasteiger partial charge in [0.1, 0.15) is 6.07 Å². The summed E-state index contributed by atoms with van der Waals surface area (Å²) in [5, 5.41) is 11.4. The second-order valence-corrected chi connectivity index (χ2v) is 5.82. The van der Waals surface area contributed by atoms with Crippen LogP contribution in [0.5, 0.6) is 0 Å². The number of rotatable bonds is 2. The van der Waals surface area contributed by atoms with Gasteiger partial charge in [-0.2, -0.15) is 5.26 Å². The average Bonchev–Trinajstić information content (AvgIpc) is 2.43. The third kappa shape index (κ3) is 2.78. The van der Waals surface area contributed by atoms with Crippen molar-refractivity contribution in [1.82, 2.24) is 0 Å². The van der Waals surface area contributed by atoms with Gasteiger partial charge in [-0.1, -0.05) is 63.2 Å². The molecule has 20 heavy (non-hydrogen) atoms. The minimum atomic E-state index is -0.549. The first kappa shape index (κ1) is 14.0. The van der Waals surface area contributed by atoms with Crippen LogP contribution in [0, 0.1) is 16.7 Å². The molecule has 0 aliphatic rings. The van der Waals surface area contributed by atoms with Crippen molar-refractivity contribution in [2.45, 2.75) is 20.8 Å². The van der Waals surface area contributed by atoms with Crippen LogP contribution in [0.2, 0.25) is 0 Å². The van der Waals surface area contributed by atoms with E-state index in [9.17, 15) is 10.1 Å². The molecule has 0 aliphatic heterocycles. The smallest absolute Gasteiger partial charge is 0.178 e. The molecule has 2 aromatic rings. The van der Waals surface area contributed by atoms with Gasteiger partial charge in [0.05, 0.1) is 5.57 Å². The van der Waals surface area contributed by atoms with Gasteiger partial charge >= 0.3 is 0 Å². The van der Waals surface area contributed by atoms with Crippen molar-refractivity contribution >= 4 is 22.6 Å². The SMILES string of the molecule is CC(C)(C)C(=O)/C(C#N)=C/c1cccc2ccccc12. The predicted octanol–water partition coefficient (Wildman–Crippen LogP) is 4.36. The number of carbonyl (C=O) groups is 1. The molecule has 0 radical (unpaired) electrons. The molecule has 0 heterocycles.